The predicted octanol–water partition coefficient (Wildman–Crippen LogP) is 1.31. The van der Waals surface area contributed by atoms with Crippen LogP contribution in [-0.2, 0) is 22.4 Å². The number of methoxy groups -OCH3 is 1. The smallest absolute Gasteiger partial charge is 0.242 e. The Kier molecular flexibility index (Phi) is 5.92. The topological polar surface area (TPSA) is 76.1 Å². The molecule has 1 aromatic rings. The molecule has 2 N–H and O–H groups in total. The lowest BCUT2D eigenvalue weighted by Crippen LogP contribution is -2.39. The van der Waals surface area contributed by atoms with Crippen LogP contribution in [0.15, 0.2) is 6.33 Å². The molecule has 1 unspecified atom stereocenters. The number of carbonyl (C=O) groups excluding carboxylic acids is 1. The zero-order valence-electron chi connectivity index (χ0n) is 12.8. The van der Waals surface area contributed by atoms with Crippen molar-refractivity contribution in [3.05, 3.63) is 17.6 Å². The summed E-state index contributed by atoms with van der Waals surface area (Å²) in [6.07, 6.45) is 7.13. The summed E-state index contributed by atoms with van der Waals surface area (Å²) in [7, 11) is 1.62. The number of ether oxygens (including phenoxy) is 1. The van der Waals surface area contributed by atoms with Gasteiger partial charge in [-0.25, -0.2) is 9.97 Å². The van der Waals surface area contributed by atoms with Crippen molar-refractivity contribution in [3.8, 4) is 0 Å². The molecule has 0 spiro atoms. The van der Waals surface area contributed by atoms with E-state index in [1.807, 2.05) is 6.92 Å². The van der Waals surface area contributed by atoms with Gasteiger partial charge in [0.25, 0.3) is 0 Å². The minimum absolute atomic E-state index is 0.0481. The number of nitrogens with one attached hydrogen (secondary N) is 2. The van der Waals surface area contributed by atoms with Crippen LogP contribution in [0.5, 0.6) is 0 Å². The lowest BCUT2D eigenvalue weighted by Gasteiger charge is -2.17. The first-order valence-electron chi connectivity index (χ1n) is 7.58. The van der Waals surface area contributed by atoms with Gasteiger partial charge >= 0.3 is 0 Å². The number of nitrogens with zero attached hydrogens (tertiary/aromatic N) is 2. The molecule has 1 aliphatic rings. The van der Waals surface area contributed by atoms with E-state index in [1.165, 1.54) is 18.4 Å². The Balaban J connectivity index is 2.00. The molecule has 1 atom stereocenters. The maximum Gasteiger partial charge on any atom is 0.242 e. The Morgan fingerprint density at radius 1 is 1.33 bits per heavy atom. The molecule has 1 heterocycles. The van der Waals surface area contributed by atoms with Crippen molar-refractivity contribution in [1.29, 1.82) is 0 Å². The van der Waals surface area contributed by atoms with E-state index in [1.54, 1.807) is 13.4 Å². The van der Waals surface area contributed by atoms with Gasteiger partial charge in [-0.2, -0.15) is 0 Å². The maximum atomic E-state index is 12.0. The summed E-state index contributed by atoms with van der Waals surface area (Å²) >= 11 is 0. The Bertz CT molecular complexity index is 479. The third-order valence-electron chi connectivity index (χ3n) is 3.73. The quantitative estimate of drug-likeness (QED) is 0.611. The van der Waals surface area contributed by atoms with Crippen LogP contribution in [0.2, 0.25) is 0 Å². The van der Waals surface area contributed by atoms with Gasteiger partial charge in [0, 0.05) is 24.9 Å². The highest BCUT2D eigenvalue weighted by atomic mass is 16.5. The Labute approximate surface area is 125 Å². The predicted molar refractivity (Wildman–Crippen MR) is 81.3 cm³/mol. The monoisotopic (exact) mass is 292 g/mol. The first-order chi connectivity index (χ1) is 10.2. The fraction of sp³-hybridized carbons (Fsp3) is 0.667. The summed E-state index contributed by atoms with van der Waals surface area (Å²) in [5.74, 6) is 0.754. The molecule has 6 heteroatoms. The number of hydrogen-bond donors (Lipinski definition) is 2. The van der Waals surface area contributed by atoms with E-state index in [-0.39, 0.29) is 11.9 Å². The summed E-state index contributed by atoms with van der Waals surface area (Å²) in [5.41, 5.74) is 2.29. The van der Waals surface area contributed by atoms with Crippen LogP contribution in [0.3, 0.4) is 0 Å². The number of aryl methyl sites for hydroxylation is 1. The van der Waals surface area contributed by atoms with Gasteiger partial charge in [0.15, 0.2) is 0 Å². The third-order valence-corrected chi connectivity index (χ3v) is 3.73. The summed E-state index contributed by atoms with van der Waals surface area (Å²) in [6.45, 7) is 2.87. The highest BCUT2D eigenvalue weighted by Gasteiger charge is 2.18. The summed E-state index contributed by atoms with van der Waals surface area (Å²) in [6, 6.07) is -0.330. The van der Waals surface area contributed by atoms with Gasteiger partial charge in [-0.05, 0) is 32.6 Å². The second-order valence-corrected chi connectivity index (χ2v) is 5.36. The standard InChI is InChI=1S/C15H24N4O2/c1-11(15(20)16-8-9-21-2)19-14-12-6-4-3-5-7-13(12)17-10-18-14/h10-11H,3-9H2,1-2H3,(H,16,20)(H,17,18,19). The molecule has 116 valence electrons. The molecule has 1 aromatic heterocycles. The SMILES string of the molecule is COCCNC(=O)C(C)Nc1ncnc2c1CCCCC2. The van der Waals surface area contributed by atoms with Crippen molar-refractivity contribution in [2.45, 2.75) is 45.1 Å². The number of rotatable bonds is 6. The molecule has 1 amide bonds. The van der Waals surface area contributed by atoms with Gasteiger partial charge in [0.2, 0.25) is 5.91 Å². The minimum Gasteiger partial charge on any atom is -0.383 e. The van der Waals surface area contributed by atoms with Crippen LogP contribution < -0.4 is 10.6 Å². The molecular formula is C15H24N4O2. The molecule has 2 rings (SSSR count). The third kappa shape index (κ3) is 4.39. The van der Waals surface area contributed by atoms with Gasteiger partial charge < -0.3 is 15.4 Å². The number of fused-ring (bicyclic) bond motifs is 1. The minimum atomic E-state index is -0.330. The number of hydrogen-bond acceptors (Lipinski definition) is 5. The molecule has 1 aliphatic carbocycles. The van der Waals surface area contributed by atoms with Crippen LogP contribution in [0, 0.1) is 0 Å². The number of amides is 1. The van der Waals surface area contributed by atoms with Crippen molar-refractivity contribution in [2.24, 2.45) is 0 Å². The molecule has 0 radical (unpaired) electrons. The first kappa shape index (κ1) is 15.7. The summed E-state index contributed by atoms with van der Waals surface area (Å²) in [4.78, 5) is 20.7. The molecule has 0 aliphatic heterocycles. The Morgan fingerprint density at radius 2 is 2.14 bits per heavy atom. The number of anilines is 1. The van der Waals surface area contributed by atoms with E-state index >= 15 is 0 Å². The van der Waals surface area contributed by atoms with Gasteiger partial charge in [-0.1, -0.05) is 6.42 Å². The number of carbonyl (C=O) groups is 1. The second kappa shape index (κ2) is 7.93. The van der Waals surface area contributed by atoms with Crippen LogP contribution >= 0.6 is 0 Å². The highest BCUT2D eigenvalue weighted by Crippen LogP contribution is 2.24. The lowest BCUT2D eigenvalue weighted by atomic mass is 10.1. The largest absolute Gasteiger partial charge is 0.383 e. The molecular weight excluding hydrogens is 268 g/mol. The van der Waals surface area contributed by atoms with E-state index in [4.69, 9.17) is 4.74 Å². The van der Waals surface area contributed by atoms with E-state index < -0.39 is 0 Å². The maximum absolute atomic E-state index is 12.0. The fourth-order valence-corrected chi connectivity index (χ4v) is 2.52. The van der Waals surface area contributed by atoms with Crippen LogP contribution in [0.1, 0.15) is 37.4 Å². The molecule has 6 nitrogen and oxygen atoms in total. The summed E-state index contributed by atoms with van der Waals surface area (Å²) < 4.78 is 4.92. The van der Waals surface area contributed by atoms with Crippen molar-refractivity contribution in [1.82, 2.24) is 15.3 Å². The average Bonchev–Trinajstić information content (AvgIpc) is 2.73. The van der Waals surface area contributed by atoms with Crippen LogP contribution in [0.25, 0.3) is 0 Å². The normalized spacial score (nSPS) is 15.7. The molecule has 0 aromatic carbocycles. The van der Waals surface area contributed by atoms with Crippen molar-refractivity contribution in [2.75, 3.05) is 25.6 Å². The van der Waals surface area contributed by atoms with Gasteiger partial charge in [-0.15, -0.1) is 0 Å². The molecule has 0 fully saturated rings. The first-order valence-corrected chi connectivity index (χ1v) is 7.58. The lowest BCUT2D eigenvalue weighted by molar-refractivity contribution is -0.121. The van der Waals surface area contributed by atoms with E-state index in [9.17, 15) is 4.79 Å². The van der Waals surface area contributed by atoms with Crippen LogP contribution in [0.4, 0.5) is 5.82 Å². The van der Waals surface area contributed by atoms with E-state index in [0.717, 1.165) is 30.8 Å². The number of aromatic nitrogens is 2. The van der Waals surface area contributed by atoms with Gasteiger partial charge in [0.05, 0.1) is 6.61 Å². The molecule has 0 saturated heterocycles. The zero-order valence-corrected chi connectivity index (χ0v) is 12.8. The van der Waals surface area contributed by atoms with Crippen LogP contribution in [-0.4, -0.2) is 42.2 Å². The van der Waals surface area contributed by atoms with Gasteiger partial charge in [-0.3, -0.25) is 4.79 Å². The molecule has 0 bridgehead atoms. The van der Waals surface area contributed by atoms with Gasteiger partial charge in [0.1, 0.15) is 18.2 Å². The highest BCUT2D eigenvalue weighted by molar-refractivity contribution is 5.84. The Morgan fingerprint density at radius 3 is 2.95 bits per heavy atom. The van der Waals surface area contributed by atoms with E-state index in [2.05, 4.69) is 20.6 Å². The Hall–Kier alpha value is -1.69. The fourth-order valence-electron chi connectivity index (χ4n) is 2.52. The molecule has 21 heavy (non-hydrogen) atoms. The zero-order chi connectivity index (χ0) is 15.1. The van der Waals surface area contributed by atoms with Crippen molar-refractivity contribution >= 4 is 11.7 Å². The van der Waals surface area contributed by atoms with Crippen molar-refractivity contribution < 1.29 is 9.53 Å². The second-order valence-electron chi connectivity index (χ2n) is 5.36. The van der Waals surface area contributed by atoms with E-state index in [0.29, 0.717) is 13.2 Å². The molecule has 0 saturated carbocycles. The average molecular weight is 292 g/mol. The summed E-state index contributed by atoms with van der Waals surface area (Å²) in [5, 5.41) is 6.05. The van der Waals surface area contributed by atoms with Crippen molar-refractivity contribution in [3.63, 3.8) is 0 Å².